The van der Waals surface area contributed by atoms with Crippen molar-refractivity contribution in [2.45, 2.75) is 71.0 Å². The minimum Gasteiger partial charge on any atom is -0.339 e. The fourth-order valence-corrected chi connectivity index (χ4v) is 3.54. The van der Waals surface area contributed by atoms with Gasteiger partial charge < -0.3 is 4.52 Å². The lowest BCUT2D eigenvalue weighted by Crippen LogP contribution is -2.42. The van der Waals surface area contributed by atoms with Crippen LogP contribution in [0.1, 0.15) is 61.1 Å². The van der Waals surface area contributed by atoms with Crippen LogP contribution < -0.4 is 0 Å². The quantitative estimate of drug-likeness (QED) is 0.849. The van der Waals surface area contributed by atoms with Gasteiger partial charge in [0, 0.05) is 17.7 Å². The van der Waals surface area contributed by atoms with Gasteiger partial charge in [-0.25, -0.2) is 0 Å². The van der Waals surface area contributed by atoms with E-state index in [0.29, 0.717) is 12.0 Å². The van der Waals surface area contributed by atoms with Gasteiger partial charge in [-0.3, -0.25) is 9.58 Å². The topological polar surface area (TPSA) is 60.0 Å². The van der Waals surface area contributed by atoms with E-state index in [2.05, 4.69) is 44.7 Å². The Morgan fingerprint density at radius 2 is 2.09 bits per heavy atom. The second-order valence-corrected chi connectivity index (χ2v) is 7.05. The molecule has 0 aromatic carbocycles. The van der Waals surface area contributed by atoms with E-state index >= 15 is 0 Å². The highest BCUT2D eigenvalue weighted by atomic mass is 16.5. The third kappa shape index (κ3) is 3.32. The number of hydrogen-bond acceptors (Lipinski definition) is 5. The summed E-state index contributed by atoms with van der Waals surface area (Å²) in [5, 5.41) is 8.81. The molecule has 2 aromatic rings. The van der Waals surface area contributed by atoms with Crippen molar-refractivity contribution >= 4 is 0 Å². The van der Waals surface area contributed by atoms with Crippen molar-refractivity contribution in [3.8, 4) is 0 Å². The molecule has 124 valence electrons. The maximum atomic E-state index is 5.40. The first-order valence-corrected chi connectivity index (χ1v) is 8.76. The molecular formula is C17H25N5O. The van der Waals surface area contributed by atoms with Crippen LogP contribution in [0.3, 0.4) is 0 Å². The predicted octanol–water partition coefficient (Wildman–Crippen LogP) is 2.82. The molecule has 1 aliphatic carbocycles. The Bertz CT molecular complexity index is 672. The predicted molar refractivity (Wildman–Crippen MR) is 86.0 cm³/mol. The zero-order valence-corrected chi connectivity index (χ0v) is 14.0. The number of aromatic nitrogens is 4. The second-order valence-electron chi connectivity index (χ2n) is 7.05. The molecule has 4 rings (SSSR count). The van der Waals surface area contributed by atoms with E-state index in [-0.39, 0.29) is 0 Å². The summed E-state index contributed by atoms with van der Waals surface area (Å²) in [6.45, 7) is 7.04. The zero-order chi connectivity index (χ0) is 15.8. The van der Waals surface area contributed by atoms with Crippen molar-refractivity contribution in [2.24, 2.45) is 0 Å². The van der Waals surface area contributed by atoms with Crippen LogP contribution in [0.5, 0.6) is 0 Å². The summed E-state index contributed by atoms with van der Waals surface area (Å²) in [5.74, 6) is 2.21. The number of likely N-dealkylation sites (tertiary alicyclic amines) is 1. The average Bonchev–Trinajstić information content (AvgIpc) is 3.20. The Hall–Kier alpha value is -1.69. The van der Waals surface area contributed by atoms with Gasteiger partial charge in [-0.15, -0.1) is 0 Å². The van der Waals surface area contributed by atoms with Crippen LogP contribution >= 0.6 is 0 Å². The Kier molecular flexibility index (Phi) is 3.93. The number of nitrogens with zero attached hydrogens (tertiary/aromatic N) is 5. The lowest BCUT2D eigenvalue weighted by atomic mass is 10.0. The van der Waals surface area contributed by atoms with Crippen LogP contribution in [0.4, 0.5) is 0 Å². The maximum Gasteiger partial charge on any atom is 0.229 e. The first kappa shape index (κ1) is 14.9. The van der Waals surface area contributed by atoms with Gasteiger partial charge in [0.25, 0.3) is 0 Å². The molecular weight excluding hydrogens is 290 g/mol. The van der Waals surface area contributed by atoms with E-state index in [1.165, 1.54) is 37.8 Å². The lowest BCUT2D eigenvalue weighted by molar-refractivity contribution is 0.117. The first-order chi connectivity index (χ1) is 11.2. The van der Waals surface area contributed by atoms with Gasteiger partial charge in [0.15, 0.2) is 5.82 Å². The summed E-state index contributed by atoms with van der Waals surface area (Å²) in [6, 6.07) is 2.65. The molecule has 1 saturated carbocycles. The Morgan fingerprint density at radius 1 is 1.22 bits per heavy atom. The van der Waals surface area contributed by atoms with Gasteiger partial charge in [-0.2, -0.15) is 10.1 Å². The van der Waals surface area contributed by atoms with Crippen LogP contribution in [0, 0.1) is 13.8 Å². The van der Waals surface area contributed by atoms with Gasteiger partial charge in [0.1, 0.15) is 0 Å². The van der Waals surface area contributed by atoms with Crippen LogP contribution in [-0.2, 0) is 13.1 Å². The largest absolute Gasteiger partial charge is 0.339 e. The van der Waals surface area contributed by atoms with Crippen molar-refractivity contribution in [3.63, 3.8) is 0 Å². The fraction of sp³-hybridized carbons (Fsp3) is 0.706. The van der Waals surface area contributed by atoms with Crippen LogP contribution in [0.15, 0.2) is 10.6 Å². The Balaban J connectivity index is 1.44. The molecule has 0 unspecified atom stereocenters. The number of aryl methyl sites for hydroxylation is 2. The minimum atomic E-state index is 0.504. The molecule has 0 amide bonds. The van der Waals surface area contributed by atoms with Gasteiger partial charge in [-0.05, 0) is 52.1 Å². The van der Waals surface area contributed by atoms with Crippen molar-refractivity contribution in [2.75, 3.05) is 6.54 Å². The number of hydrogen-bond donors (Lipinski definition) is 0. The van der Waals surface area contributed by atoms with Crippen LogP contribution in [-0.4, -0.2) is 37.4 Å². The standard InChI is InChI=1S/C17H25N5O/c1-12-9-13(2)22(19-12)10-15-5-3-4-8-21(15)11-16-18-17(23-20-16)14-6-7-14/h9,14-15H,3-8,10-11H2,1-2H3/t15-/m0/s1. The molecule has 6 nitrogen and oxygen atoms in total. The second kappa shape index (κ2) is 6.07. The zero-order valence-electron chi connectivity index (χ0n) is 14.0. The van der Waals surface area contributed by atoms with Gasteiger partial charge in [0.05, 0.1) is 18.8 Å². The molecule has 23 heavy (non-hydrogen) atoms. The summed E-state index contributed by atoms with van der Waals surface area (Å²) < 4.78 is 7.54. The molecule has 1 atom stereocenters. The van der Waals surface area contributed by atoms with Gasteiger partial charge >= 0.3 is 0 Å². The van der Waals surface area contributed by atoms with E-state index in [4.69, 9.17) is 4.52 Å². The molecule has 0 spiro atoms. The van der Waals surface area contributed by atoms with Gasteiger partial charge in [-0.1, -0.05) is 11.6 Å². The summed E-state index contributed by atoms with van der Waals surface area (Å²) in [5.41, 5.74) is 2.33. The number of rotatable bonds is 5. The molecule has 0 bridgehead atoms. The summed E-state index contributed by atoms with van der Waals surface area (Å²) >= 11 is 0. The minimum absolute atomic E-state index is 0.504. The first-order valence-electron chi connectivity index (χ1n) is 8.76. The van der Waals surface area contributed by atoms with Crippen molar-refractivity contribution < 1.29 is 4.52 Å². The van der Waals surface area contributed by atoms with E-state index in [9.17, 15) is 0 Å². The number of piperidine rings is 1. The lowest BCUT2D eigenvalue weighted by Gasteiger charge is -2.35. The molecule has 2 aromatic heterocycles. The highest BCUT2D eigenvalue weighted by Gasteiger charge is 2.30. The van der Waals surface area contributed by atoms with Crippen molar-refractivity contribution in [1.82, 2.24) is 24.8 Å². The smallest absolute Gasteiger partial charge is 0.229 e. The maximum absolute atomic E-state index is 5.40. The third-order valence-electron chi connectivity index (χ3n) is 4.99. The molecule has 2 fully saturated rings. The van der Waals surface area contributed by atoms with E-state index < -0.39 is 0 Å². The summed E-state index contributed by atoms with van der Waals surface area (Å²) in [6.07, 6.45) is 6.16. The van der Waals surface area contributed by atoms with E-state index in [1.54, 1.807) is 0 Å². The van der Waals surface area contributed by atoms with Crippen LogP contribution in [0.25, 0.3) is 0 Å². The average molecular weight is 315 g/mol. The molecule has 0 radical (unpaired) electrons. The van der Waals surface area contributed by atoms with Gasteiger partial charge in [0.2, 0.25) is 5.89 Å². The Labute approximate surface area is 136 Å². The van der Waals surface area contributed by atoms with E-state index in [1.807, 2.05) is 0 Å². The monoisotopic (exact) mass is 315 g/mol. The molecule has 1 saturated heterocycles. The Morgan fingerprint density at radius 3 is 2.83 bits per heavy atom. The molecule has 0 N–H and O–H groups in total. The molecule has 2 aliphatic rings. The van der Waals surface area contributed by atoms with Crippen LogP contribution in [0.2, 0.25) is 0 Å². The molecule has 1 aliphatic heterocycles. The SMILES string of the molecule is Cc1cc(C)n(C[C@@H]2CCCCN2Cc2noc(C3CC3)n2)n1. The highest BCUT2D eigenvalue weighted by molar-refractivity contribution is 5.07. The van der Waals surface area contributed by atoms with E-state index in [0.717, 1.165) is 37.0 Å². The highest BCUT2D eigenvalue weighted by Crippen LogP contribution is 2.38. The molecule has 6 heteroatoms. The summed E-state index contributed by atoms with van der Waals surface area (Å²) in [7, 11) is 0. The van der Waals surface area contributed by atoms with Crippen molar-refractivity contribution in [1.29, 1.82) is 0 Å². The third-order valence-corrected chi connectivity index (χ3v) is 4.99. The van der Waals surface area contributed by atoms with Crippen molar-refractivity contribution in [3.05, 3.63) is 29.2 Å². The summed E-state index contributed by atoms with van der Waals surface area (Å²) in [4.78, 5) is 7.09. The normalized spacial score (nSPS) is 22.6. The molecule has 3 heterocycles. The fourth-order valence-electron chi connectivity index (χ4n) is 3.54.